The van der Waals surface area contributed by atoms with Gasteiger partial charge in [0.15, 0.2) is 5.78 Å². The van der Waals surface area contributed by atoms with E-state index in [2.05, 4.69) is 0 Å². The maximum atomic E-state index is 11.6. The first-order valence-corrected chi connectivity index (χ1v) is 6.52. The Morgan fingerprint density at radius 3 is 2.10 bits per heavy atom. The SMILES string of the molecule is O=C(/C=C/c1ccccc1)C1=C[CH]C=C1.[CH]1C=CC=C1.[Fe]. The summed E-state index contributed by atoms with van der Waals surface area (Å²) >= 11 is 0. The molecule has 1 aromatic rings. The molecule has 1 aromatic carbocycles. The van der Waals surface area contributed by atoms with Gasteiger partial charge in [-0.1, -0.05) is 78.9 Å². The number of hydrogen-bond acceptors (Lipinski definition) is 1. The van der Waals surface area contributed by atoms with Crippen LogP contribution in [0.2, 0.25) is 0 Å². The molecular formula is C19H16FeO. The third-order valence-corrected chi connectivity index (χ3v) is 2.73. The minimum absolute atomic E-state index is 0. The van der Waals surface area contributed by atoms with E-state index in [4.69, 9.17) is 0 Å². The van der Waals surface area contributed by atoms with Crippen LogP contribution in [-0.2, 0) is 21.9 Å². The fraction of sp³-hybridized carbons (Fsp3) is 0. The summed E-state index contributed by atoms with van der Waals surface area (Å²) in [4.78, 5) is 11.6. The Balaban J connectivity index is 0.000000313. The van der Waals surface area contributed by atoms with Crippen LogP contribution in [0.25, 0.3) is 6.08 Å². The first kappa shape index (κ1) is 17.2. The van der Waals surface area contributed by atoms with E-state index in [0.29, 0.717) is 0 Å². The van der Waals surface area contributed by atoms with Crippen molar-refractivity contribution in [2.75, 3.05) is 0 Å². The van der Waals surface area contributed by atoms with Crippen molar-refractivity contribution in [1.29, 1.82) is 0 Å². The molecule has 2 aliphatic rings. The average molecular weight is 316 g/mol. The van der Waals surface area contributed by atoms with Gasteiger partial charge in [0.05, 0.1) is 0 Å². The molecule has 0 unspecified atom stereocenters. The Bertz CT molecular complexity index is 579. The van der Waals surface area contributed by atoms with Gasteiger partial charge in [0, 0.05) is 35.5 Å². The minimum atomic E-state index is 0. The van der Waals surface area contributed by atoms with E-state index in [1.807, 2.05) is 91.8 Å². The predicted molar refractivity (Wildman–Crippen MR) is 84.6 cm³/mol. The van der Waals surface area contributed by atoms with Crippen LogP contribution in [0.5, 0.6) is 0 Å². The van der Waals surface area contributed by atoms with E-state index in [-0.39, 0.29) is 22.9 Å². The quantitative estimate of drug-likeness (QED) is 0.601. The number of allylic oxidation sites excluding steroid dienone is 9. The molecule has 0 spiro atoms. The summed E-state index contributed by atoms with van der Waals surface area (Å²) < 4.78 is 0. The molecule has 2 aliphatic carbocycles. The van der Waals surface area contributed by atoms with Gasteiger partial charge in [-0.2, -0.15) is 0 Å². The van der Waals surface area contributed by atoms with Gasteiger partial charge in [0.2, 0.25) is 0 Å². The van der Waals surface area contributed by atoms with Crippen LogP contribution < -0.4 is 0 Å². The van der Waals surface area contributed by atoms with Crippen LogP contribution in [0, 0.1) is 12.8 Å². The number of carbonyl (C=O) groups is 1. The first-order valence-electron chi connectivity index (χ1n) is 6.52. The molecule has 0 fully saturated rings. The van der Waals surface area contributed by atoms with Crippen molar-refractivity contribution in [2.45, 2.75) is 0 Å². The Labute approximate surface area is 136 Å². The third-order valence-electron chi connectivity index (χ3n) is 2.73. The molecule has 0 aromatic heterocycles. The molecule has 2 heteroatoms. The van der Waals surface area contributed by atoms with Crippen molar-refractivity contribution in [3.63, 3.8) is 0 Å². The van der Waals surface area contributed by atoms with Crippen LogP contribution in [0.3, 0.4) is 0 Å². The minimum Gasteiger partial charge on any atom is -0.289 e. The molecule has 106 valence electrons. The second-order valence-corrected chi connectivity index (χ2v) is 4.24. The van der Waals surface area contributed by atoms with Crippen LogP contribution >= 0.6 is 0 Å². The molecule has 2 radical (unpaired) electrons. The molecule has 0 bridgehead atoms. The fourth-order valence-corrected chi connectivity index (χ4v) is 1.69. The van der Waals surface area contributed by atoms with E-state index >= 15 is 0 Å². The summed E-state index contributed by atoms with van der Waals surface area (Å²) in [5.74, 6) is 0.0452. The molecule has 0 saturated carbocycles. The second kappa shape index (κ2) is 9.93. The van der Waals surface area contributed by atoms with Gasteiger partial charge in [-0.15, -0.1) is 0 Å². The topological polar surface area (TPSA) is 17.1 Å². The smallest absolute Gasteiger partial charge is 0.185 e. The van der Waals surface area contributed by atoms with Gasteiger partial charge >= 0.3 is 0 Å². The molecule has 1 nitrogen and oxygen atoms in total. The molecule has 0 atom stereocenters. The summed E-state index contributed by atoms with van der Waals surface area (Å²) in [5, 5.41) is 0. The average Bonchev–Trinajstić information content (AvgIpc) is 3.20. The fourth-order valence-electron chi connectivity index (χ4n) is 1.69. The first-order chi connectivity index (χ1) is 9.86. The zero-order valence-corrected chi connectivity index (χ0v) is 12.6. The van der Waals surface area contributed by atoms with E-state index in [1.54, 1.807) is 6.08 Å². The summed E-state index contributed by atoms with van der Waals surface area (Å²) in [6.45, 7) is 0. The molecule has 0 N–H and O–H groups in total. The van der Waals surface area contributed by atoms with Crippen molar-refractivity contribution in [1.82, 2.24) is 0 Å². The van der Waals surface area contributed by atoms with Gasteiger partial charge in [-0.3, -0.25) is 4.79 Å². The second-order valence-electron chi connectivity index (χ2n) is 4.24. The zero-order valence-electron chi connectivity index (χ0n) is 11.5. The van der Waals surface area contributed by atoms with Gasteiger partial charge in [-0.05, 0) is 11.6 Å². The molecule has 0 saturated heterocycles. The van der Waals surface area contributed by atoms with Gasteiger partial charge < -0.3 is 0 Å². The largest absolute Gasteiger partial charge is 0.289 e. The zero-order chi connectivity index (χ0) is 14.0. The Hall–Kier alpha value is -1.89. The molecule has 0 amide bonds. The monoisotopic (exact) mass is 316 g/mol. The molecule has 21 heavy (non-hydrogen) atoms. The van der Waals surface area contributed by atoms with Crippen molar-refractivity contribution >= 4 is 11.9 Å². The number of ketones is 1. The summed E-state index contributed by atoms with van der Waals surface area (Å²) in [5.41, 5.74) is 1.78. The summed E-state index contributed by atoms with van der Waals surface area (Å²) in [6.07, 6.45) is 20.8. The van der Waals surface area contributed by atoms with Crippen LogP contribution in [0.15, 0.2) is 84.5 Å². The Morgan fingerprint density at radius 2 is 1.57 bits per heavy atom. The van der Waals surface area contributed by atoms with Crippen LogP contribution in [0.1, 0.15) is 5.56 Å². The van der Waals surface area contributed by atoms with Crippen molar-refractivity contribution in [3.8, 4) is 0 Å². The molecule has 0 aliphatic heterocycles. The van der Waals surface area contributed by atoms with E-state index in [0.717, 1.165) is 11.1 Å². The number of rotatable bonds is 3. The molecular weight excluding hydrogens is 300 g/mol. The van der Waals surface area contributed by atoms with Crippen molar-refractivity contribution < 1.29 is 21.9 Å². The van der Waals surface area contributed by atoms with Crippen LogP contribution in [-0.4, -0.2) is 5.78 Å². The van der Waals surface area contributed by atoms with E-state index in [9.17, 15) is 4.79 Å². The standard InChI is InChI=1S/C14H11O.C5H5.Fe/c15-14(13-8-4-5-9-13)11-10-12-6-2-1-3-7-12;1-2-4-5-3-1;/h1-11H;1-5H;/b11-10+;;. The number of carbonyl (C=O) groups excluding carboxylic acids is 1. The maximum Gasteiger partial charge on any atom is 0.185 e. The molecule has 0 heterocycles. The molecule has 3 rings (SSSR count). The maximum absolute atomic E-state index is 11.6. The summed E-state index contributed by atoms with van der Waals surface area (Å²) in [7, 11) is 0. The van der Waals surface area contributed by atoms with Gasteiger partial charge in [0.1, 0.15) is 0 Å². The van der Waals surface area contributed by atoms with Gasteiger partial charge in [-0.25, -0.2) is 0 Å². The normalized spacial score (nSPS) is 14.6. The third kappa shape index (κ3) is 6.39. The van der Waals surface area contributed by atoms with Gasteiger partial charge in [0.25, 0.3) is 0 Å². The number of hydrogen-bond donors (Lipinski definition) is 0. The number of benzene rings is 1. The predicted octanol–water partition coefficient (Wildman–Crippen LogP) is 4.28. The van der Waals surface area contributed by atoms with Crippen molar-refractivity contribution in [2.24, 2.45) is 0 Å². The summed E-state index contributed by atoms with van der Waals surface area (Å²) in [6, 6.07) is 9.79. The van der Waals surface area contributed by atoms with E-state index < -0.39 is 0 Å². The van der Waals surface area contributed by atoms with E-state index in [1.165, 1.54) is 0 Å². The Morgan fingerprint density at radius 1 is 0.857 bits per heavy atom. The Kier molecular flexibility index (Phi) is 8.11. The van der Waals surface area contributed by atoms with Crippen LogP contribution in [0.4, 0.5) is 0 Å². The van der Waals surface area contributed by atoms with Crippen molar-refractivity contribution in [3.05, 3.63) is 103 Å².